The predicted octanol–water partition coefficient (Wildman–Crippen LogP) is -0.552. The number of carbonyl (C=O) groups excluding carboxylic acids is 5. The van der Waals surface area contributed by atoms with E-state index in [0.29, 0.717) is 12.3 Å². The third-order valence-corrected chi connectivity index (χ3v) is 5.19. The second-order valence-corrected chi connectivity index (χ2v) is 9.65. The smallest absolute Gasteiger partial charge is 0.245 e. The number of hydrogen-bond donors (Lipinski definition) is 4. The van der Waals surface area contributed by atoms with Crippen molar-refractivity contribution in [1.82, 2.24) is 25.8 Å². The lowest BCUT2D eigenvalue weighted by molar-refractivity contribution is -0.139. The van der Waals surface area contributed by atoms with E-state index in [1.54, 1.807) is 0 Å². The average molecular weight is 485 g/mol. The van der Waals surface area contributed by atoms with Crippen LogP contribution in [0.25, 0.3) is 0 Å². The van der Waals surface area contributed by atoms with Gasteiger partial charge >= 0.3 is 0 Å². The molecule has 0 aliphatic carbocycles. The summed E-state index contributed by atoms with van der Waals surface area (Å²) >= 11 is 0. The van der Waals surface area contributed by atoms with E-state index >= 15 is 0 Å². The largest absolute Gasteiger partial charge is 0.352 e. The van der Waals surface area contributed by atoms with Crippen LogP contribution in [0, 0.1) is 11.8 Å². The van der Waals surface area contributed by atoms with E-state index < -0.39 is 29.8 Å². The number of amides is 5. The summed E-state index contributed by atoms with van der Waals surface area (Å²) in [5.74, 6) is -1.55. The Morgan fingerprint density at radius 2 is 1.38 bits per heavy atom. The molecule has 11 heteroatoms. The third kappa shape index (κ3) is 12.0. The van der Waals surface area contributed by atoms with Gasteiger partial charge in [-0.2, -0.15) is 0 Å². The van der Waals surface area contributed by atoms with Crippen molar-refractivity contribution in [2.75, 3.05) is 33.7 Å². The second kappa shape index (κ2) is 15.3. The summed E-state index contributed by atoms with van der Waals surface area (Å²) in [4.78, 5) is 64.0. The van der Waals surface area contributed by atoms with Gasteiger partial charge in [0.15, 0.2) is 0 Å². The highest BCUT2D eigenvalue weighted by Gasteiger charge is 2.28. The van der Waals surface area contributed by atoms with Crippen LogP contribution in [0.4, 0.5) is 0 Å². The van der Waals surface area contributed by atoms with E-state index in [1.807, 2.05) is 20.8 Å². The van der Waals surface area contributed by atoms with Crippen molar-refractivity contribution in [3.05, 3.63) is 0 Å². The maximum absolute atomic E-state index is 12.6. The van der Waals surface area contributed by atoms with Crippen molar-refractivity contribution < 1.29 is 24.0 Å². The van der Waals surface area contributed by atoms with Crippen LogP contribution in [0.15, 0.2) is 0 Å². The zero-order valence-electron chi connectivity index (χ0n) is 21.9. The molecule has 0 heterocycles. The third-order valence-electron chi connectivity index (χ3n) is 5.19. The quantitative estimate of drug-likeness (QED) is 0.259. The van der Waals surface area contributed by atoms with Gasteiger partial charge in [-0.1, -0.05) is 27.7 Å². The van der Waals surface area contributed by atoms with Crippen LogP contribution in [0.1, 0.15) is 54.4 Å². The van der Waals surface area contributed by atoms with Crippen LogP contribution in [0.5, 0.6) is 0 Å². The van der Waals surface area contributed by atoms with Gasteiger partial charge in [0.25, 0.3) is 0 Å². The van der Waals surface area contributed by atoms with Crippen LogP contribution in [0.3, 0.4) is 0 Å². The molecule has 34 heavy (non-hydrogen) atoms. The molecule has 0 aromatic carbocycles. The Labute approximate surface area is 203 Å². The van der Waals surface area contributed by atoms with E-state index in [2.05, 4.69) is 29.8 Å². The summed E-state index contributed by atoms with van der Waals surface area (Å²) in [6.07, 6.45) is 1.24. The Bertz CT molecular complexity index is 712. The average Bonchev–Trinajstić information content (AvgIpc) is 2.72. The van der Waals surface area contributed by atoms with E-state index in [0.717, 1.165) is 6.42 Å². The van der Waals surface area contributed by atoms with Gasteiger partial charge < -0.3 is 31.5 Å². The zero-order chi connectivity index (χ0) is 26.6. The minimum Gasteiger partial charge on any atom is -0.352 e. The molecule has 0 spiro atoms. The minimum absolute atomic E-state index is 0.00421. The Hall–Kier alpha value is -2.69. The molecule has 0 saturated heterocycles. The van der Waals surface area contributed by atoms with Gasteiger partial charge in [-0.25, -0.2) is 0 Å². The summed E-state index contributed by atoms with van der Waals surface area (Å²) in [6, 6.07) is -1.65. The highest BCUT2D eigenvalue weighted by atomic mass is 16.2. The first-order chi connectivity index (χ1) is 15.7. The summed E-state index contributed by atoms with van der Waals surface area (Å²) in [7, 11) is 2.98. The molecule has 5 N–H and O–H groups in total. The van der Waals surface area contributed by atoms with Crippen LogP contribution >= 0.6 is 0 Å². The molecule has 0 aromatic rings. The van der Waals surface area contributed by atoms with Gasteiger partial charge in [0.1, 0.15) is 12.1 Å². The fourth-order valence-corrected chi connectivity index (χ4v) is 3.56. The van der Waals surface area contributed by atoms with Gasteiger partial charge in [-0.05, 0) is 38.5 Å². The predicted molar refractivity (Wildman–Crippen MR) is 130 cm³/mol. The molecule has 11 nitrogen and oxygen atoms in total. The Morgan fingerprint density at radius 1 is 0.824 bits per heavy atom. The zero-order valence-corrected chi connectivity index (χ0v) is 21.9. The number of hydrogen-bond acceptors (Lipinski definition) is 6. The number of nitrogens with one attached hydrogen (secondary N) is 3. The second-order valence-electron chi connectivity index (χ2n) is 9.65. The first kappa shape index (κ1) is 31.3. The summed E-state index contributed by atoms with van der Waals surface area (Å²) in [5.41, 5.74) is 5.40. The normalized spacial score (nSPS) is 13.6. The summed E-state index contributed by atoms with van der Waals surface area (Å²) < 4.78 is 0. The highest BCUT2D eigenvalue weighted by Crippen LogP contribution is 2.11. The maximum atomic E-state index is 12.6. The lowest BCUT2D eigenvalue weighted by Gasteiger charge is -2.28. The number of rotatable bonds is 14. The summed E-state index contributed by atoms with van der Waals surface area (Å²) in [6.45, 7) is 10.7. The maximum Gasteiger partial charge on any atom is 0.245 e. The van der Waals surface area contributed by atoms with Gasteiger partial charge in [0, 0.05) is 20.1 Å². The van der Waals surface area contributed by atoms with Crippen LogP contribution in [-0.2, 0) is 24.0 Å². The van der Waals surface area contributed by atoms with Crippen molar-refractivity contribution >= 4 is 29.5 Å². The molecule has 0 aliphatic heterocycles. The lowest BCUT2D eigenvalue weighted by Crippen LogP contribution is -2.53. The lowest BCUT2D eigenvalue weighted by atomic mass is 10.0. The van der Waals surface area contributed by atoms with Gasteiger partial charge in [0.2, 0.25) is 29.5 Å². The Morgan fingerprint density at radius 3 is 1.88 bits per heavy atom. The Balaban J connectivity index is 4.74. The molecule has 0 bridgehead atoms. The highest BCUT2D eigenvalue weighted by molar-refractivity contribution is 5.93. The first-order valence-corrected chi connectivity index (χ1v) is 11.8. The molecule has 0 fully saturated rings. The number of nitrogens with two attached hydrogens (primary N) is 1. The van der Waals surface area contributed by atoms with Crippen molar-refractivity contribution in [3.8, 4) is 0 Å². The molecule has 3 unspecified atom stereocenters. The molecule has 0 aliphatic rings. The van der Waals surface area contributed by atoms with Crippen LogP contribution in [-0.4, -0.2) is 91.2 Å². The fraction of sp³-hybridized carbons (Fsp3) is 0.783. The Kier molecular flexibility index (Phi) is 14.1. The molecular weight excluding hydrogens is 440 g/mol. The van der Waals surface area contributed by atoms with E-state index in [9.17, 15) is 24.0 Å². The number of likely N-dealkylation sites (N-methyl/N-ethyl adjacent to an activating group) is 2. The molecule has 3 atom stereocenters. The van der Waals surface area contributed by atoms with Crippen LogP contribution in [0.2, 0.25) is 0 Å². The van der Waals surface area contributed by atoms with E-state index in [-0.39, 0.29) is 43.4 Å². The molecule has 0 rings (SSSR count). The van der Waals surface area contributed by atoms with Gasteiger partial charge in [-0.3, -0.25) is 24.0 Å². The minimum atomic E-state index is -0.886. The summed E-state index contributed by atoms with van der Waals surface area (Å²) in [5, 5.41) is 7.89. The van der Waals surface area contributed by atoms with Crippen molar-refractivity contribution in [1.29, 1.82) is 0 Å². The standard InChI is InChI=1S/C23H44N6O5/c1-14(2)9-16(5)26-20(31)13-28(7)23(34)17(6)27-19(30)12-25-22(33)18(10-15(3)4)29(8)21(32)11-24/h14-18H,9-13,24H2,1-8H3,(H,25,33)(H,26,31)(H,27,30). The van der Waals surface area contributed by atoms with E-state index in [1.165, 1.54) is 30.8 Å². The SMILES string of the molecule is CC(C)CC(C)NC(=O)CN(C)C(=O)C(C)NC(=O)CNC(=O)C(CC(C)C)N(C)C(=O)CN. The van der Waals surface area contributed by atoms with Crippen LogP contribution < -0.4 is 21.7 Å². The number of carbonyl (C=O) groups is 5. The molecule has 0 radical (unpaired) electrons. The van der Waals surface area contributed by atoms with Crippen molar-refractivity contribution in [2.24, 2.45) is 17.6 Å². The van der Waals surface area contributed by atoms with Gasteiger partial charge in [0.05, 0.1) is 19.6 Å². The van der Waals surface area contributed by atoms with Gasteiger partial charge in [-0.15, -0.1) is 0 Å². The molecular formula is C23H44N6O5. The molecule has 5 amide bonds. The fourth-order valence-electron chi connectivity index (χ4n) is 3.56. The molecule has 0 saturated carbocycles. The van der Waals surface area contributed by atoms with Crippen molar-refractivity contribution in [3.63, 3.8) is 0 Å². The van der Waals surface area contributed by atoms with Crippen molar-refractivity contribution in [2.45, 2.75) is 72.5 Å². The first-order valence-electron chi connectivity index (χ1n) is 11.8. The monoisotopic (exact) mass is 484 g/mol. The van der Waals surface area contributed by atoms with E-state index in [4.69, 9.17) is 5.73 Å². The topological polar surface area (TPSA) is 154 Å². The molecule has 0 aromatic heterocycles. The number of nitrogens with zero attached hydrogens (tertiary/aromatic N) is 2. The molecule has 196 valence electrons.